The zero-order valence-corrected chi connectivity index (χ0v) is 20.8. The predicted molar refractivity (Wildman–Crippen MR) is 133 cm³/mol. The van der Waals surface area contributed by atoms with Gasteiger partial charge in [0, 0.05) is 22.1 Å². The number of nitrogens with one attached hydrogen (secondary N) is 2. The number of rotatable bonds is 10. The molecule has 176 valence electrons. The molecule has 0 fully saturated rings. The smallest absolute Gasteiger partial charge is 0.307 e. The van der Waals surface area contributed by atoms with Crippen molar-refractivity contribution in [2.24, 2.45) is 11.8 Å². The molecule has 3 N–H and O–H groups in total. The first-order valence-electron chi connectivity index (χ1n) is 10.6. The number of benzene rings is 1. The van der Waals surface area contributed by atoms with Crippen LogP contribution in [0, 0.1) is 11.8 Å². The van der Waals surface area contributed by atoms with Crippen LogP contribution in [0.5, 0.6) is 0 Å². The molecule has 3 unspecified atom stereocenters. The molecule has 3 rings (SSSR count). The zero-order chi connectivity index (χ0) is 23.8. The van der Waals surface area contributed by atoms with Crippen molar-refractivity contribution in [1.29, 1.82) is 0 Å². The molecule has 8 nitrogen and oxygen atoms in total. The van der Waals surface area contributed by atoms with Gasteiger partial charge in [0.25, 0.3) is 0 Å². The molecule has 33 heavy (non-hydrogen) atoms. The number of anilines is 2. The molecule has 0 bridgehead atoms. The first kappa shape index (κ1) is 25.3. The lowest BCUT2D eigenvalue weighted by molar-refractivity contribution is -0.146. The van der Waals surface area contributed by atoms with Gasteiger partial charge in [0.1, 0.15) is 0 Å². The highest BCUT2D eigenvalue weighted by Crippen LogP contribution is 2.31. The van der Waals surface area contributed by atoms with Crippen LogP contribution < -0.4 is 10.6 Å². The van der Waals surface area contributed by atoms with Crippen molar-refractivity contribution in [2.45, 2.75) is 48.4 Å². The van der Waals surface area contributed by atoms with Crippen LogP contribution in [0.3, 0.4) is 0 Å². The van der Waals surface area contributed by atoms with Crippen molar-refractivity contribution in [3.63, 3.8) is 0 Å². The number of aliphatic carboxylic acids is 1. The first-order chi connectivity index (χ1) is 15.9. The summed E-state index contributed by atoms with van der Waals surface area (Å²) in [5.74, 6) is -1.90. The Kier molecular flexibility index (Phi) is 9.33. The van der Waals surface area contributed by atoms with Crippen LogP contribution in [0.4, 0.5) is 10.8 Å². The van der Waals surface area contributed by atoms with Crippen LogP contribution in [0.25, 0.3) is 0 Å². The van der Waals surface area contributed by atoms with Crippen molar-refractivity contribution >= 4 is 63.7 Å². The van der Waals surface area contributed by atoms with E-state index in [9.17, 15) is 19.5 Å². The summed E-state index contributed by atoms with van der Waals surface area (Å²) in [7, 11) is 0. The Hall–Kier alpha value is -2.37. The highest BCUT2D eigenvalue weighted by molar-refractivity contribution is 8.00. The van der Waals surface area contributed by atoms with Gasteiger partial charge < -0.3 is 10.4 Å². The van der Waals surface area contributed by atoms with Crippen LogP contribution in [0.15, 0.2) is 46.5 Å². The minimum atomic E-state index is -0.962. The van der Waals surface area contributed by atoms with Crippen LogP contribution in [0.2, 0.25) is 0 Å². The summed E-state index contributed by atoms with van der Waals surface area (Å²) in [5.41, 5.74) is 0.573. The predicted octanol–water partition coefficient (Wildman–Crippen LogP) is 4.77. The maximum Gasteiger partial charge on any atom is 0.307 e. The average Bonchev–Trinajstić information content (AvgIpc) is 3.24. The van der Waals surface area contributed by atoms with Crippen molar-refractivity contribution in [3.05, 3.63) is 36.4 Å². The highest BCUT2D eigenvalue weighted by atomic mass is 32.2. The van der Waals surface area contributed by atoms with E-state index in [2.05, 4.69) is 20.0 Å². The number of nitrogens with zero attached hydrogens (tertiary/aromatic N) is 2. The van der Waals surface area contributed by atoms with Crippen molar-refractivity contribution in [3.8, 4) is 0 Å². The second kappa shape index (κ2) is 12.2. The summed E-state index contributed by atoms with van der Waals surface area (Å²) in [6.45, 7) is 3.95. The van der Waals surface area contributed by atoms with E-state index in [1.165, 1.54) is 23.5 Å². The third kappa shape index (κ3) is 7.05. The monoisotopic (exact) mass is 506 g/mol. The minimum Gasteiger partial charge on any atom is -0.481 e. The van der Waals surface area contributed by atoms with Gasteiger partial charge in [-0.25, -0.2) is 0 Å². The van der Waals surface area contributed by atoms with E-state index in [0.717, 1.165) is 22.2 Å². The molecule has 0 saturated heterocycles. The number of carbonyl (C=O) groups excluding carboxylic acids is 2. The molecule has 1 aromatic heterocycles. The quantitative estimate of drug-likeness (QED) is 0.311. The Balaban J connectivity index is 1.62. The van der Waals surface area contributed by atoms with Crippen LogP contribution in [-0.4, -0.2) is 43.3 Å². The van der Waals surface area contributed by atoms with E-state index in [1.54, 1.807) is 24.3 Å². The number of carbonyl (C=O) groups is 3. The Morgan fingerprint density at radius 3 is 2.64 bits per heavy atom. The van der Waals surface area contributed by atoms with Gasteiger partial charge in [-0.3, -0.25) is 19.7 Å². The summed E-state index contributed by atoms with van der Waals surface area (Å²) in [5, 5.41) is 15.9. The number of carboxylic acids is 1. The lowest BCUT2D eigenvalue weighted by atomic mass is 9.82. The molecule has 0 saturated carbocycles. The molecule has 3 atom stereocenters. The summed E-state index contributed by atoms with van der Waals surface area (Å²) >= 11 is 4.08. The van der Waals surface area contributed by atoms with Crippen LogP contribution in [-0.2, 0) is 14.4 Å². The average molecular weight is 507 g/mol. The van der Waals surface area contributed by atoms with Gasteiger partial charge in [0.05, 0.1) is 17.1 Å². The van der Waals surface area contributed by atoms with Gasteiger partial charge in [-0.1, -0.05) is 43.8 Å². The molecule has 1 aliphatic rings. The summed E-state index contributed by atoms with van der Waals surface area (Å²) in [6.07, 6.45) is 5.02. The Morgan fingerprint density at radius 2 is 1.94 bits per heavy atom. The van der Waals surface area contributed by atoms with E-state index >= 15 is 0 Å². The third-order valence-electron chi connectivity index (χ3n) is 5.04. The van der Waals surface area contributed by atoms with Gasteiger partial charge in [-0.2, -0.15) is 9.36 Å². The summed E-state index contributed by atoms with van der Waals surface area (Å²) < 4.78 is 4.21. The second-order valence-electron chi connectivity index (χ2n) is 7.33. The normalized spacial score (nSPS) is 18.5. The maximum absolute atomic E-state index is 12.8. The number of hydrogen-bond donors (Lipinski definition) is 3. The number of allylic oxidation sites excluding steroid dienone is 2. The minimum absolute atomic E-state index is 0.153. The van der Waals surface area contributed by atoms with Crippen molar-refractivity contribution < 1.29 is 19.5 Å². The van der Waals surface area contributed by atoms with Crippen LogP contribution >= 0.6 is 35.1 Å². The molecule has 1 aromatic carbocycles. The van der Waals surface area contributed by atoms with Gasteiger partial charge >= 0.3 is 5.97 Å². The topological polar surface area (TPSA) is 121 Å². The first-order valence-corrected chi connectivity index (χ1v) is 13.3. The Labute approximate surface area is 205 Å². The zero-order valence-electron chi connectivity index (χ0n) is 18.3. The molecular formula is C22H26N4O4S3. The summed E-state index contributed by atoms with van der Waals surface area (Å²) in [4.78, 5) is 42.1. The second-order valence-corrected chi connectivity index (χ2v) is 10.6. The molecule has 0 spiro atoms. The molecule has 1 aliphatic carbocycles. The van der Waals surface area contributed by atoms with E-state index in [0.29, 0.717) is 35.2 Å². The van der Waals surface area contributed by atoms with Gasteiger partial charge in [0.2, 0.25) is 22.1 Å². The van der Waals surface area contributed by atoms with Gasteiger partial charge in [0.15, 0.2) is 0 Å². The largest absolute Gasteiger partial charge is 0.481 e. The Bertz CT molecular complexity index is 1030. The van der Waals surface area contributed by atoms with Gasteiger partial charge in [-0.15, -0.1) is 11.8 Å². The van der Waals surface area contributed by atoms with E-state index in [4.69, 9.17) is 0 Å². The van der Waals surface area contributed by atoms with E-state index in [1.807, 2.05) is 26.0 Å². The molecule has 0 aliphatic heterocycles. The number of thioether (sulfide) groups is 2. The van der Waals surface area contributed by atoms with Crippen molar-refractivity contribution in [2.75, 3.05) is 16.4 Å². The molecule has 1 heterocycles. The highest BCUT2D eigenvalue weighted by Gasteiger charge is 2.34. The SMILES string of the molecule is CCSc1nsc(NC(=O)C(CC)Sc2cccc(NC(=O)C3CC=CCC3C(=O)O)c2)n1. The lowest BCUT2D eigenvalue weighted by Gasteiger charge is -2.24. The molecule has 2 amide bonds. The molecular weight excluding hydrogens is 480 g/mol. The molecule has 0 radical (unpaired) electrons. The lowest BCUT2D eigenvalue weighted by Crippen LogP contribution is -2.34. The fourth-order valence-electron chi connectivity index (χ4n) is 3.38. The van der Waals surface area contributed by atoms with Crippen LogP contribution in [0.1, 0.15) is 33.1 Å². The Morgan fingerprint density at radius 1 is 1.18 bits per heavy atom. The van der Waals surface area contributed by atoms with E-state index < -0.39 is 17.8 Å². The number of amides is 2. The molecule has 11 heteroatoms. The number of aromatic nitrogens is 2. The van der Waals surface area contributed by atoms with E-state index in [-0.39, 0.29) is 17.1 Å². The number of hydrogen-bond acceptors (Lipinski definition) is 8. The maximum atomic E-state index is 12.8. The van der Waals surface area contributed by atoms with Crippen molar-refractivity contribution in [1.82, 2.24) is 9.36 Å². The van der Waals surface area contributed by atoms with Gasteiger partial charge in [-0.05, 0) is 43.2 Å². The fourth-order valence-corrected chi connectivity index (χ4v) is 5.67. The third-order valence-corrected chi connectivity index (χ3v) is 7.87. The number of carboxylic acid groups (broad SMARTS) is 1. The fraction of sp³-hybridized carbons (Fsp3) is 0.409. The standard InChI is InChI=1S/C22H26N4O4S3/c1-3-17(19(28)24-21-25-22(26-33-21)31-4-2)32-14-9-7-8-13(12-14)23-18(27)15-10-5-6-11-16(15)20(29)30/h5-9,12,15-17H,3-4,10-11H2,1-2H3,(H,23,27)(H,29,30)(H,24,25,26,28). The summed E-state index contributed by atoms with van der Waals surface area (Å²) in [6, 6.07) is 7.23. The molecule has 2 aromatic rings.